The molecular formula is C24H25N3O2. The molecule has 1 fully saturated rings. The zero-order valence-electron chi connectivity index (χ0n) is 16.5. The Hall–Kier alpha value is -3.31. The van der Waals surface area contributed by atoms with E-state index in [2.05, 4.69) is 22.3 Å². The van der Waals surface area contributed by atoms with Gasteiger partial charge in [0.1, 0.15) is 0 Å². The molecule has 0 aromatic heterocycles. The van der Waals surface area contributed by atoms with Crippen LogP contribution in [0.2, 0.25) is 0 Å². The van der Waals surface area contributed by atoms with Crippen LogP contribution < -0.4 is 16.0 Å². The Morgan fingerprint density at radius 2 is 1.62 bits per heavy atom. The topological polar surface area (TPSA) is 67.6 Å². The van der Waals surface area contributed by atoms with E-state index in [1.807, 2.05) is 61.5 Å². The fourth-order valence-corrected chi connectivity index (χ4v) is 3.57. The summed E-state index contributed by atoms with van der Waals surface area (Å²) in [6, 6.07) is 21.6. The Labute approximate surface area is 171 Å². The van der Waals surface area contributed by atoms with Crippen molar-refractivity contribution < 1.29 is 9.53 Å². The van der Waals surface area contributed by atoms with Crippen LogP contribution in [0.3, 0.4) is 0 Å². The average molecular weight is 387 g/mol. The SMILES string of the molecule is Cc1cc(N)c(N2CCOCC2)cc1NC(=O)c1ccc(-c2ccccc2)cc1. The Morgan fingerprint density at radius 1 is 0.966 bits per heavy atom. The number of ether oxygens (including phenoxy) is 1. The van der Waals surface area contributed by atoms with Crippen LogP contribution in [0.15, 0.2) is 66.7 Å². The number of benzene rings is 3. The van der Waals surface area contributed by atoms with Crippen LogP contribution in [0, 0.1) is 6.92 Å². The minimum absolute atomic E-state index is 0.134. The van der Waals surface area contributed by atoms with E-state index in [9.17, 15) is 4.79 Å². The molecule has 0 unspecified atom stereocenters. The summed E-state index contributed by atoms with van der Waals surface area (Å²) in [6.45, 7) is 4.91. The maximum atomic E-state index is 12.8. The number of anilines is 3. The normalized spacial score (nSPS) is 13.9. The van der Waals surface area contributed by atoms with Gasteiger partial charge in [-0.15, -0.1) is 0 Å². The largest absolute Gasteiger partial charge is 0.397 e. The van der Waals surface area contributed by atoms with Crippen molar-refractivity contribution in [3.63, 3.8) is 0 Å². The Kier molecular flexibility index (Phi) is 5.49. The van der Waals surface area contributed by atoms with Gasteiger partial charge in [-0.25, -0.2) is 0 Å². The molecule has 0 atom stereocenters. The lowest BCUT2D eigenvalue weighted by Crippen LogP contribution is -2.36. The van der Waals surface area contributed by atoms with Crippen molar-refractivity contribution in [3.05, 3.63) is 77.9 Å². The molecule has 3 aromatic carbocycles. The molecule has 3 N–H and O–H groups in total. The highest BCUT2D eigenvalue weighted by molar-refractivity contribution is 6.05. The number of hydrogen-bond acceptors (Lipinski definition) is 4. The third-order valence-electron chi connectivity index (χ3n) is 5.23. The number of rotatable bonds is 4. The molecule has 5 nitrogen and oxygen atoms in total. The smallest absolute Gasteiger partial charge is 0.255 e. The van der Waals surface area contributed by atoms with E-state index >= 15 is 0 Å². The first-order chi connectivity index (χ1) is 14.1. The molecule has 0 aliphatic carbocycles. The first kappa shape index (κ1) is 19.0. The van der Waals surface area contributed by atoms with Crippen LogP contribution in [0.4, 0.5) is 17.1 Å². The molecule has 1 aliphatic rings. The summed E-state index contributed by atoms with van der Waals surface area (Å²) >= 11 is 0. The number of nitrogens with one attached hydrogen (secondary N) is 1. The predicted molar refractivity (Wildman–Crippen MR) is 118 cm³/mol. The maximum absolute atomic E-state index is 12.8. The zero-order valence-corrected chi connectivity index (χ0v) is 16.5. The zero-order chi connectivity index (χ0) is 20.2. The van der Waals surface area contributed by atoms with Gasteiger partial charge in [0.25, 0.3) is 5.91 Å². The van der Waals surface area contributed by atoms with Crippen LogP contribution >= 0.6 is 0 Å². The Balaban J connectivity index is 1.53. The van der Waals surface area contributed by atoms with Crippen LogP contribution in [-0.2, 0) is 4.74 Å². The summed E-state index contributed by atoms with van der Waals surface area (Å²) in [5, 5.41) is 3.04. The second kappa shape index (κ2) is 8.37. The number of morpholine rings is 1. The third-order valence-corrected chi connectivity index (χ3v) is 5.23. The minimum Gasteiger partial charge on any atom is -0.397 e. The van der Waals surface area contributed by atoms with Crippen molar-refractivity contribution in [2.45, 2.75) is 6.92 Å². The van der Waals surface area contributed by atoms with E-state index < -0.39 is 0 Å². The number of nitrogens with two attached hydrogens (primary N) is 1. The molecule has 3 aromatic rings. The number of amides is 1. The summed E-state index contributed by atoms with van der Waals surface area (Å²) in [4.78, 5) is 15.0. The fourth-order valence-electron chi connectivity index (χ4n) is 3.57. The molecule has 1 saturated heterocycles. The van der Waals surface area contributed by atoms with Gasteiger partial charge in [0.2, 0.25) is 0 Å². The van der Waals surface area contributed by atoms with E-state index in [0.29, 0.717) is 18.8 Å². The quantitative estimate of drug-likeness (QED) is 0.654. The molecule has 1 amide bonds. The van der Waals surface area contributed by atoms with E-state index in [1.54, 1.807) is 0 Å². The molecule has 29 heavy (non-hydrogen) atoms. The van der Waals surface area contributed by atoms with Gasteiger partial charge in [-0.2, -0.15) is 0 Å². The third kappa shape index (κ3) is 4.25. The van der Waals surface area contributed by atoms with Gasteiger partial charge in [0.15, 0.2) is 0 Å². The van der Waals surface area contributed by atoms with Gasteiger partial charge in [0.05, 0.1) is 24.6 Å². The number of carbonyl (C=O) groups excluding carboxylic acids is 1. The lowest BCUT2D eigenvalue weighted by atomic mass is 10.0. The fraction of sp³-hybridized carbons (Fsp3) is 0.208. The van der Waals surface area contributed by atoms with Crippen molar-refractivity contribution in [1.29, 1.82) is 0 Å². The van der Waals surface area contributed by atoms with Gasteiger partial charge >= 0.3 is 0 Å². The lowest BCUT2D eigenvalue weighted by molar-refractivity contribution is 0.102. The van der Waals surface area contributed by atoms with Crippen molar-refractivity contribution in [2.75, 3.05) is 42.3 Å². The standard InChI is InChI=1S/C24H25N3O2/c1-17-15-21(25)23(27-11-13-29-14-12-27)16-22(17)26-24(28)20-9-7-19(8-10-20)18-5-3-2-4-6-18/h2-10,15-16H,11-14,25H2,1H3,(H,26,28). The lowest BCUT2D eigenvalue weighted by Gasteiger charge is -2.30. The molecule has 0 saturated carbocycles. The van der Waals surface area contributed by atoms with Crippen LogP contribution in [0.1, 0.15) is 15.9 Å². The van der Waals surface area contributed by atoms with Crippen LogP contribution in [0.5, 0.6) is 0 Å². The summed E-state index contributed by atoms with van der Waals surface area (Å²) in [5.41, 5.74) is 12.4. The van der Waals surface area contributed by atoms with E-state index in [1.165, 1.54) is 0 Å². The molecule has 148 valence electrons. The van der Waals surface area contributed by atoms with Crippen LogP contribution in [0.25, 0.3) is 11.1 Å². The number of hydrogen-bond donors (Lipinski definition) is 2. The molecule has 0 spiro atoms. The van der Waals surface area contributed by atoms with Crippen LogP contribution in [-0.4, -0.2) is 32.2 Å². The number of carbonyl (C=O) groups is 1. The molecule has 0 bridgehead atoms. The highest BCUT2D eigenvalue weighted by Gasteiger charge is 2.17. The highest BCUT2D eigenvalue weighted by atomic mass is 16.5. The second-order valence-corrected chi connectivity index (χ2v) is 7.22. The summed E-state index contributed by atoms with van der Waals surface area (Å²) < 4.78 is 5.43. The van der Waals surface area contributed by atoms with Gasteiger partial charge in [-0.05, 0) is 47.9 Å². The van der Waals surface area contributed by atoms with Crippen molar-refractivity contribution >= 4 is 23.0 Å². The number of aryl methyl sites for hydroxylation is 1. The van der Waals surface area contributed by atoms with Gasteiger partial charge in [-0.3, -0.25) is 4.79 Å². The molecule has 1 heterocycles. The van der Waals surface area contributed by atoms with E-state index in [4.69, 9.17) is 10.5 Å². The van der Waals surface area contributed by atoms with Crippen molar-refractivity contribution in [3.8, 4) is 11.1 Å². The monoisotopic (exact) mass is 387 g/mol. The van der Waals surface area contributed by atoms with Crippen molar-refractivity contribution in [2.24, 2.45) is 0 Å². The molecule has 5 heteroatoms. The molecular weight excluding hydrogens is 362 g/mol. The number of nitrogen functional groups attached to an aromatic ring is 1. The Bertz CT molecular complexity index is 995. The van der Waals surface area contributed by atoms with Gasteiger partial charge in [-0.1, -0.05) is 42.5 Å². The predicted octanol–water partition coefficient (Wildman–Crippen LogP) is 4.33. The van der Waals surface area contributed by atoms with Gasteiger partial charge < -0.3 is 20.7 Å². The van der Waals surface area contributed by atoms with E-state index in [-0.39, 0.29) is 5.91 Å². The Morgan fingerprint density at radius 3 is 2.31 bits per heavy atom. The summed E-state index contributed by atoms with van der Waals surface area (Å²) in [7, 11) is 0. The average Bonchev–Trinajstić information content (AvgIpc) is 2.77. The first-order valence-electron chi connectivity index (χ1n) is 9.81. The number of nitrogens with zero attached hydrogens (tertiary/aromatic N) is 1. The summed E-state index contributed by atoms with van der Waals surface area (Å²) in [6.07, 6.45) is 0. The molecule has 4 rings (SSSR count). The first-order valence-corrected chi connectivity index (χ1v) is 9.81. The van der Waals surface area contributed by atoms with Gasteiger partial charge in [0, 0.05) is 24.3 Å². The molecule has 1 aliphatic heterocycles. The maximum Gasteiger partial charge on any atom is 0.255 e. The van der Waals surface area contributed by atoms with E-state index in [0.717, 1.165) is 46.8 Å². The summed E-state index contributed by atoms with van der Waals surface area (Å²) in [5.74, 6) is -0.134. The van der Waals surface area contributed by atoms with Crippen molar-refractivity contribution in [1.82, 2.24) is 0 Å². The second-order valence-electron chi connectivity index (χ2n) is 7.22. The molecule has 0 radical (unpaired) electrons. The highest BCUT2D eigenvalue weighted by Crippen LogP contribution is 2.31. The minimum atomic E-state index is -0.134.